The summed E-state index contributed by atoms with van der Waals surface area (Å²) in [6.07, 6.45) is 2.28. The van der Waals surface area contributed by atoms with Crippen LogP contribution in [0.3, 0.4) is 0 Å². The van der Waals surface area contributed by atoms with Gasteiger partial charge in [-0.25, -0.2) is 0 Å². The van der Waals surface area contributed by atoms with Crippen LogP contribution in [0.2, 0.25) is 0 Å². The number of nitrogens with zero attached hydrogens (tertiary/aromatic N) is 1. The first-order valence-electron chi connectivity index (χ1n) is 5.67. The second-order valence-electron chi connectivity index (χ2n) is 4.31. The predicted octanol–water partition coefficient (Wildman–Crippen LogP) is 2.08. The van der Waals surface area contributed by atoms with E-state index in [4.69, 9.17) is 9.47 Å². The molecule has 1 aromatic carbocycles. The Bertz CT molecular complexity index is 376. The van der Waals surface area contributed by atoms with Crippen molar-refractivity contribution in [2.24, 2.45) is 0 Å². The van der Waals surface area contributed by atoms with Crippen LogP contribution in [0.15, 0.2) is 12.1 Å². The first kappa shape index (κ1) is 11.3. The third kappa shape index (κ3) is 2.14. The Balaban J connectivity index is 2.45. The van der Waals surface area contributed by atoms with Crippen molar-refractivity contribution in [3.05, 3.63) is 23.3 Å². The molecule has 0 bridgehead atoms. The number of hydrogen-bond donors (Lipinski definition) is 0. The molecule has 0 aromatic heterocycles. The number of benzene rings is 1. The van der Waals surface area contributed by atoms with Crippen molar-refractivity contribution in [2.45, 2.75) is 19.4 Å². The molecule has 1 heterocycles. The average molecular weight is 221 g/mol. The fourth-order valence-corrected chi connectivity index (χ4v) is 2.30. The van der Waals surface area contributed by atoms with Gasteiger partial charge in [-0.1, -0.05) is 0 Å². The summed E-state index contributed by atoms with van der Waals surface area (Å²) in [5, 5.41) is 0. The zero-order chi connectivity index (χ0) is 11.5. The molecule has 0 aliphatic carbocycles. The largest absolute Gasteiger partial charge is 0.497 e. The highest BCUT2D eigenvalue weighted by Crippen LogP contribution is 2.32. The summed E-state index contributed by atoms with van der Waals surface area (Å²) in [5.41, 5.74) is 2.67. The van der Waals surface area contributed by atoms with E-state index in [0.29, 0.717) is 0 Å². The molecule has 0 amide bonds. The highest BCUT2D eigenvalue weighted by atomic mass is 16.5. The van der Waals surface area contributed by atoms with Gasteiger partial charge in [-0.15, -0.1) is 0 Å². The van der Waals surface area contributed by atoms with Crippen molar-refractivity contribution < 1.29 is 9.47 Å². The number of ether oxygens (including phenoxy) is 2. The van der Waals surface area contributed by atoms with Gasteiger partial charge in [0.2, 0.25) is 0 Å². The summed E-state index contributed by atoms with van der Waals surface area (Å²) < 4.78 is 10.7. The van der Waals surface area contributed by atoms with Crippen LogP contribution in [0.4, 0.5) is 0 Å². The molecule has 3 heteroatoms. The van der Waals surface area contributed by atoms with E-state index in [1.54, 1.807) is 14.2 Å². The van der Waals surface area contributed by atoms with Gasteiger partial charge in [0.1, 0.15) is 11.5 Å². The first-order chi connectivity index (χ1) is 7.74. The first-order valence-corrected chi connectivity index (χ1v) is 5.67. The molecule has 0 fully saturated rings. The van der Waals surface area contributed by atoms with Crippen LogP contribution in [0.25, 0.3) is 0 Å². The Hall–Kier alpha value is -1.22. The van der Waals surface area contributed by atoms with Crippen LogP contribution in [0, 0.1) is 0 Å². The molecule has 16 heavy (non-hydrogen) atoms. The molecule has 3 nitrogen and oxygen atoms in total. The lowest BCUT2D eigenvalue weighted by Gasteiger charge is -2.16. The standard InChI is InChI=1S/C13H19NO2/c1-14-6-4-5-12-10(9-14)7-11(15-2)8-13(12)16-3/h7-8H,4-6,9H2,1-3H3. The molecule has 0 spiro atoms. The van der Waals surface area contributed by atoms with Gasteiger partial charge < -0.3 is 14.4 Å². The Kier molecular flexibility index (Phi) is 3.34. The van der Waals surface area contributed by atoms with Gasteiger partial charge in [0.05, 0.1) is 14.2 Å². The maximum Gasteiger partial charge on any atom is 0.126 e. The molecule has 88 valence electrons. The minimum atomic E-state index is 0.880. The Labute approximate surface area is 97.0 Å². The van der Waals surface area contributed by atoms with Gasteiger partial charge in [0.15, 0.2) is 0 Å². The smallest absolute Gasteiger partial charge is 0.126 e. The van der Waals surface area contributed by atoms with E-state index in [2.05, 4.69) is 18.0 Å². The Morgan fingerprint density at radius 1 is 1.19 bits per heavy atom. The molecule has 0 unspecified atom stereocenters. The molecule has 0 N–H and O–H groups in total. The monoisotopic (exact) mass is 221 g/mol. The quantitative estimate of drug-likeness (QED) is 0.763. The normalized spacial score (nSPS) is 16.4. The summed E-state index contributed by atoms with van der Waals surface area (Å²) in [6, 6.07) is 4.10. The second-order valence-corrected chi connectivity index (χ2v) is 4.31. The summed E-state index contributed by atoms with van der Waals surface area (Å²) in [7, 11) is 5.58. The van der Waals surface area contributed by atoms with Crippen LogP contribution < -0.4 is 9.47 Å². The lowest BCUT2D eigenvalue weighted by Crippen LogP contribution is -2.17. The van der Waals surface area contributed by atoms with Crippen LogP contribution in [-0.4, -0.2) is 32.7 Å². The van der Waals surface area contributed by atoms with E-state index in [9.17, 15) is 0 Å². The highest BCUT2D eigenvalue weighted by molar-refractivity contribution is 5.47. The maximum absolute atomic E-state index is 5.45. The third-order valence-corrected chi connectivity index (χ3v) is 3.14. The van der Waals surface area contributed by atoms with E-state index in [0.717, 1.165) is 31.0 Å². The predicted molar refractivity (Wildman–Crippen MR) is 64.2 cm³/mol. The SMILES string of the molecule is COc1cc2c(c(OC)c1)CCCN(C)C2. The zero-order valence-electron chi connectivity index (χ0n) is 10.2. The fourth-order valence-electron chi connectivity index (χ4n) is 2.30. The molecule has 0 saturated heterocycles. The number of fused-ring (bicyclic) bond motifs is 1. The molecule has 1 aliphatic rings. The van der Waals surface area contributed by atoms with Crippen LogP contribution in [0.1, 0.15) is 17.5 Å². The van der Waals surface area contributed by atoms with Gasteiger partial charge >= 0.3 is 0 Å². The minimum Gasteiger partial charge on any atom is -0.497 e. The van der Waals surface area contributed by atoms with E-state index in [-0.39, 0.29) is 0 Å². The molecule has 0 radical (unpaired) electrons. The van der Waals surface area contributed by atoms with Crippen molar-refractivity contribution >= 4 is 0 Å². The summed E-state index contributed by atoms with van der Waals surface area (Å²) in [4.78, 5) is 2.34. The van der Waals surface area contributed by atoms with Crippen molar-refractivity contribution in [2.75, 3.05) is 27.8 Å². The molecule has 1 aromatic rings. The van der Waals surface area contributed by atoms with E-state index >= 15 is 0 Å². The molecule has 1 aliphatic heterocycles. The number of methoxy groups -OCH3 is 2. The van der Waals surface area contributed by atoms with E-state index in [1.807, 2.05) is 6.07 Å². The summed E-state index contributed by atoms with van der Waals surface area (Å²) in [5.74, 6) is 1.84. The van der Waals surface area contributed by atoms with Crippen LogP contribution in [-0.2, 0) is 13.0 Å². The molecule has 2 rings (SSSR count). The van der Waals surface area contributed by atoms with Crippen LogP contribution >= 0.6 is 0 Å². The second kappa shape index (κ2) is 4.74. The van der Waals surface area contributed by atoms with E-state index in [1.165, 1.54) is 17.5 Å². The van der Waals surface area contributed by atoms with Gasteiger partial charge in [-0.3, -0.25) is 0 Å². The van der Waals surface area contributed by atoms with Crippen LogP contribution in [0.5, 0.6) is 11.5 Å². The molecular formula is C13H19NO2. The van der Waals surface area contributed by atoms with Crippen molar-refractivity contribution in [3.63, 3.8) is 0 Å². The molecule has 0 saturated carbocycles. The lowest BCUT2D eigenvalue weighted by atomic mass is 10.0. The molecular weight excluding hydrogens is 202 g/mol. The number of hydrogen-bond acceptors (Lipinski definition) is 3. The topological polar surface area (TPSA) is 21.7 Å². The van der Waals surface area contributed by atoms with Crippen molar-refractivity contribution in [1.29, 1.82) is 0 Å². The lowest BCUT2D eigenvalue weighted by molar-refractivity contribution is 0.331. The fraction of sp³-hybridized carbons (Fsp3) is 0.538. The Morgan fingerprint density at radius 2 is 2.00 bits per heavy atom. The van der Waals surface area contributed by atoms with E-state index < -0.39 is 0 Å². The van der Waals surface area contributed by atoms with Gasteiger partial charge in [-0.05, 0) is 43.6 Å². The number of rotatable bonds is 2. The van der Waals surface area contributed by atoms with Crippen molar-refractivity contribution in [3.8, 4) is 11.5 Å². The zero-order valence-corrected chi connectivity index (χ0v) is 10.2. The minimum absolute atomic E-state index is 0.880. The van der Waals surface area contributed by atoms with Gasteiger partial charge in [0.25, 0.3) is 0 Å². The molecule has 0 atom stereocenters. The van der Waals surface area contributed by atoms with Gasteiger partial charge in [-0.2, -0.15) is 0 Å². The third-order valence-electron chi connectivity index (χ3n) is 3.14. The maximum atomic E-state index is 5.45. The highest BCUT2D eigenvalue weighted by Gasteiger charge is 2.16. The summed E-state index contributed by atoms with van der Waals surface area (Å²) in [6.45, 7) is 2.11. The van der Waals surface area contributed by atoms with Crippen molar-refractivity contribution in [1.82, 2.24) is 4.90 Å². The Morgan fingerprint density at radius 3 is 2.69 bits per heavy atom. The summed E-state index contributed by atoms with van der Waals surface area (Å²) >= 11 is 0. The average Bonchev–Trinajstić information content (AvgIpc) is 2.48. The van der Waals surface area contributed by atoms with Gasteiger partial charge in [0, 0.05) is 12.6 Å².